The van der Waals surface area contributed by atoms with Crippen molar-refractivity contribution >= 4 is 18.1 Å². The van der Waals surface area contributed by atoms with E-state index in [1.807, 2.05) is 6.07 Å². The van der Waals surface area contributed by atoms with Crippen LogP contribution in [0.2, 0.25) is 0 Å². The highest BCUT2D eigenvalue weighted by atomic mass is 19.4. The van der Waals surface area contributed by atoms with Crippen molar-refractivity contribution in [1.29, 1.82) is 5.26 Å². The molecule has 0 aliphatic heterocycles. The monoisotopic (exact) mass is 732 g/mol. The molecule has 0 saturated carbocycles. The second-order valence-corrected chi connectivity index (χ2v) is 13.3. The minimum atomic E-state index is -4.87. The summed E-state index contributed by atoms with van der Waals surface area (Å²) in [6, 6.07) is 10.9. The molecule has 1 N–H and O–H groups in total. The number of nitriles is 1. The second kappa shape index (κ2) is 14.9. The molecule has 17 heteroatoms. The normalized spacial score (nSPS) is 12.8. The lowest BCUT2D eigenvalue weighted by atomic mass is 9.96. The fourth-order valence-corrected chi connectivity index (χ4v) is 4.83. The van der Waals surface area contributed by atoms with E-state index in [0.29, 0.717) is 22.9 Å². The number of aromatic nitrogens is 3. The Bertz CT molecular complexity index is 1930. The Morgan fingerprint density at radius 1 is 1.04 bits per heavy atom. The third-order valence-corrected chi connectivity index (χ3v) is 7.34. The van der Waals surface area contributed by atoms with Crippen molar-refractivity contribution < 1.29 is 49.8 Å². The summed E-state index contributed by atoms with van der Waals surface area (Å²) in [7, 11) is 1.46. The van der Waals surface area contributed by atoms with Crippen LogP contribution < -0.4 is 15.0 Å². The number of anilines is 1. The number of pyridine rings is 1. The van der Waals surface area contributed by atoms with Gasteiger partial charge in [0, 0.05) is 36.8 Å². The van der Waals surface area contributed by atoms with Gasteiger partial charge >= 0.3 is 12.5 Å². The number of benzene rings is 2. The summed E-state index contributed by atoms with van der Waals surface area (Å²) >= 11 is 0. The van der Waals surface area contributed by atoms with Gasteiger partial charge in [-0.15, -0.1) is 23.4 Å². The van der Waals surface area contributed by atoms with Crippen molar-refractivity contribution in [2.24, 2.45) is 0 Å². The minimum absolute atomic E-state index is 0.0238. The average molecular weight is 733 g/mol. The molecule has 0 aliphatic rings. The number of aldehydes is 1. The van der Waals surface area contributed by atoms with Crippen LogP contribution in [0.1, 0.15) is 58.1 Å². The molecule has 2 heterocycles. The number of alkyl halides is 5. The van der Waals surface area contributed by atoms with Gasteiger partial charge in [0.1, 0.15) is 28.9 Å². The number of rotatable bonds is 12. The Labute approximate surface area is 294 Å². The summed E-state index contributed by atoms with van der Waals surface area (Å²) in [4.78, 5) is 29.4. The van der Waals surface area contributed by atoms with Crippen molar-refractivity contribution in [1.82, 2.24) is 20.5 Å². The molecule has 4 rings (SSSR count). The molecule has 1 unspecified atom stereocenters. The maximum Gasteiger partial charge on any atom is 0.573 e. The van der Waals surface area contributed by atoms with Gasteiger partial charge in [-0.05, 0) is 64.4 Å². The largest absolute Gasteiger partial charge is 0.573 e. The van der Waals surface area contributed by atoms with Crippen LogP contribution >= 0.6 is 0 Å². The van der Waals surface area contributed by atoms with E-state index in [1.54, 1.807) is 45.0 Å². The lowest BCUT2D eigenvalue weighted by Gasteiger charge is -2.29. The Morgan fingerprint density at radius 3 is 2.27 bits per heavy atom. The molecule has 0 spiro atoms. The lowest BCUT2D eigenvalue weighted by molar-refractivity contribution is -0.274. The molecule has 52 heavy (non-hydrogen) atoms. The predicted octanol–water partition coefficient (Wildman–Crippen LogP) is 7.85. The second-order valence-electron chi connectivity index (χ2n) is 13.3. The highest BCUT2D eigenvalue weighted by molar-refractivity contribution is 5.74. The third-order valence-electron chi connectivity index (χ3n) is 7.34. The number of hydrogen-bond acceptors (Lipinski definition) is 10. The fraction of sp³-hybridized carbons (Fsp3) is 0.371. The molecule has 1 atom stereocenters. The van der Waals surface area contributed by atoms with Crippen LogP contribution in [0.25, 0.3) is 22.7 Å². The molecule has 0 aliphatic carbocycles. The number of nitrogens with one attached hydrogen (secondary N) is 1. The number of carbonyl (C=O) groups excluding carboxylic acids is 2. The summed E-state index contributed by atoms with van der Waals surface area (Å²) in [6.07, 6.45) is -6.18. The molecule has 0 bridgehead atoms. The maximum absolute atomic E-state index is 16.1. The Morgan fingerprint density at radius 2 is 1.71 bits per heavy atom. The van der Waals surface area contributed by atoms with Crippen LogP contribution in [0.3, 0.4) is 0 Å². The van der Waals surface area contributed by atoms with Crippen molar-refractivity contribution in [2.45, 2.75) is 76.9 Å². The Balaban J connectivity index is 1.68. The van der Waals surface area contributed by atoms with E-state index in [1.165, 1.54) is 31.9 Å². The highest BCUT2D eigenvalue weighted by Crippen LogP contribution is 2.42. The van der Waals surface area contributed by atoms with Crippen LogP contribution in [0.4, 0.5) is 36.8 Å². The molecule has 0 saturated heterocycles. The van der Waals surface area contributed by atoms with E-state index in [2.05, 4.69) is 25.2 Å². The fourth-order valence-electron chi connectivity index (χ4n) is 4.83. The van der Waals surface area contributed by atoms with E-state index in [-0.39, 0.29) is 35.9 Å². The van der Waals surface area contributed by atoms with Gasteiger partial charge in [0.15, 0.2) is 0 Å². The van der Waals surface area contributed by atoms with Crippen LogP contribution in [0, 0.1) is 17.1 Å². The lowest BCUT2D eigenvalue weighted by Crippen LogP contribution is -2.42. The molecule has 2 aromatic heterocycles. The van der Waals surface area contributed by atoms with Gasteiger partial charge in [0.2, 0.25) is 5.89 Å². The number of carbonyl (C=O) groups is 2. The first-order chi connectivity index (χ1) is 24.1. The molecule has 0 radical (unpaired) electrons. The highest BCUT2D eigenvalue weighted by Gasteiger charge is 2.40. The molecule has 4 aromatic rings. The predicted molar refractivity (Wildman–Crippen MR) is 175 cm³/mol. The summed E-state index contributed by atoms with van der Waals surface area (Å²) in [5, 5.41) is 19.2. The summed E-state index contributed by atoms with van der Waals surface area (Å²) < 4.78 is 99.9. The van der Waals surface area contributed by atoms with Gasteiger partial charge in [-0.3, -0.25) is 4.98 Å². The quantitative estimate of drug-likeness (QED) is 0.113. The average Bonchev–Trinajstić information content (AvgIpc) is 3.54. The molecular weight excluding hydrogens is 698 g/mol. The van der Waals surface area contributed by atoms with Gasteiger partial charge in [-0.2, -0.15) is 5.26 Å². The van der Waals surface area contributed by atoms with Gasteiger partial charge in [-0.1, -0.05) is 24.3 Å². The zero-order valence-corrected chi connectivity index (χ0v) is 28.8. The summed E-state index contributed by atoms with van der Waals surface area (Å²) in [5.74, 6) is -6.06. The Hall–Kier alpha value is -5.66. The van der Waals surface area contributed by atoms with Gasteiger partial charge in [0.25, 0.3) is 11.8 Å². The maximum atomic E-state index is 16.1. The number of hydrogen-bond donors (Lipinski definition) is 1. The number of alkyl carbamates (subject to hydrolysis) is 1. The first-order valence-corrected chi connectivity index (χ1v) is 15.6. The van der Waals surface area contributed by atoms with Crippen LogP contribution in [0.15, 0.2) is 59.1 Å². The van der Waals surface area contributed by atoms with E-state index in [4.69, 9.17) is 9.15 Å². The van der Waals surface area contributed by atoms with Crippen molar-refractivity contribution in [3.8, 4) is 34.5 Å². The molecule has 2 aromatic carbocycles. The zero-order chi connectivity index (χ0) is 38.6. The zero-order valence-electron chi connectivity index (χ0n) is 28.8. The number of halogens is 6. The first kappa shape index (κ1) is 39.1. The van der Waals surface area contributed by atoms with Gasteiger partial charge < -0.3 is 28.9 Å². The molecule has 11 nitrogen and oxygen atoms in total. The summed E-state index contributed by atoms with van der Waals surface area (Å²) in [6.45, 7) is 7.62. The number of amides is 1. The van der Waals surface area contributed by atoms with Crippen molar-refractivity contribution in [3.05, 3.63) is 77.6 Å². The molecule has 0 fully saturated rings. The van der Waals surface area contributed by atoms with Crippen LogP contribution in [0.5, 0.6) is 5.75 Å². The topological polar surface area (TPSA) is 143 Å². The Kier molecular flexibility index (Phi) is 11.2. The first-order valence-electron chi connectivity index (χ1n) is 15.6. The van der Waals surface area contributed by atoms with Gasteiger partial charge in [0.05, 0.1) is 29.6 Å². The molecule has 1 amide bonds. The van der Waals surface area contributed by atoms with Crippen LogP contribution in [-0.2, 0) is 27.4 Å². The van der Waals surface area contributed by atoms with E-state index in [9.17, 15) is 28.0 Å². The standard InChI is InChI=1S/C35H34F6N6O5/c1-32(2,3)52-31(49)44-22(18-48)15-34(37,38)25-14-26(36)24(29-45-46-30(50-29)33(4,5)19-42)13-28(25)47(6)17-20-7-9-21(10-8-20)27-12-11-23(16-43-27)51-35(39,40)41/h7-14,16,18,22H,15,17H2,1-6H3,(H,44,49). The summed E-state index contributed by atoms with van der Waals surface area (Å²) in [5.41, 5.74) is -2.13. The minimum Gasteiger partial charge on any atom is -0.444 e. The number of nitrogens with zero attached hydrogens (tertiary/aromatic N) is 5. The van der Waals surface area contributed by atoms with E-state index >= 15 is 13.2 Å². The SMILES string of the molecule is CN(Cc1ccc(-c2ccc(OC(F)(F)F)cn2)cc1)c1cc(-c2nnc(C(C)(C)C#N)o2)c(F)cc1C(F)(F)CC(C=O)NC(=O)OC(C)(C)C. The van der Waals surface area contributed by atoms with Crippen LogP contribution in [-0.4, -0.2) is 52.6 Å². The third kappa shape index (κ3) is 9.98. The molecule has 276 valence electrons. The van der Waals surface area contributed by atoms with Crippen molar-refractivity contribution in [3.63, 3.8) is 0 Å². The smallest absolute Gasteiger partial charge is 0.444 e. The van der Waals surface area contributed by atoms with E-state index < -0.39 is 59.0 Å². The number of ether oxygens (including phenoxy) is 2. The van der Waals surface area contributed by atoms with Gasteiger partial charge in [-0.25, -0.2) is 18.0 Å². The molecular formula is C35H34F6N6O5. The van der Waals surface area contributed by atoms with E-state index in [0.717, 1.165) is 18.3 Å². The van der Waals surface area contributed by atoms with Crippen molar-refractivity contribution in [2.75, 3.05) is 11.9 Å².